The number of carboxylic acid groups (broad SMARTS) is 1. The van der Waals surface area contributed by atoms with Gasteiger partial charge in [0.15, 0.2) is 0 Å². The molecule has 3 heterocycles. The van der Waals surface area contributed by atoms with Crippen molar-refractivity contribution in [3.63, 3.8) is 0 Å². The Bertz CT molecular complexity index is 1470. The van der Waals surface area contributed by atoms with Gasteiger partial charge in [0.05, 0.1) is 32.5 Å². The summed E-state index contributed by atoms with van der Waals surface area (Å²) in [5, 5.41) is 13.2. The lowest BCUT2D eigenvalue weighted by Gasteiger charge is -2.50. The minimum absolute atomic E-state index is 0.110. The van der Waals surface area contributed by atoms with Crippen LogP contribution in [0.2, 0.25) is 0 Å². The van der Waals surface area contributed by atoms with E-state index in [0.29, 0.717) is 36.9 Å². The van der Waals surface area contributed by atoms with Crippen LogP contribution in [0.3, 0.4) is 0 Å². The third kappa shape index (κ3) is 3.59. The molecule has 0 aromatic heterocycles. The predicted octanol–water partition coefficient (Wildman–Crippen LogP) is 5.47. The minimum Gasteiger partial charge on any atom is -0.496 e. The van der Waals surface area contributed by atoms with Gasteiger partial charge in [0, 0.05) is 16.2 Å². The zero-order chi connectivity index (χ0) is 24.9. The third-order valence-corrected chi connectivity index (χ3v) is 6.93. The molecule has 3 aliphatic rings. The molecule has 184 valence electrons. The van der Waals surface area contributed by atoms with E-state index in [1.165, 1.54) is 0 Å². The second-order valence-corrected chi connectivity index (χ2v) is 9.65. The summed E-state index contributed by atoms with van der Waals surface area (Å²) >= 11 is 0. The molecule has 2 bridgehead atoms. The zero-order valence-electron chi connectivity index (χ0n) is 20.1. The Labute approximate surface area is 208 Å². The molecule has 4 aromatic rings. The molecule has 36 heavy (non-hydrogen) atoms. The molecule has 3 saturated heterocycles. The number of hydrogen-bond acceptors (Lipinski definition) is 6. The topological polar surface area (TPSA) is 83.5 Å². The summed E-state index contributed by atoms with van der Waals surface area (Å²) in [7, 11) is 1.61. The van der Waals surface area contributed by atoms with Crippen molar-refractivity contribution in [3.8, 4) is 11.5 Å². The normalized spacial score (nSPS) is 23.2. The van der Waals surface area contributed by atoms with Gasteiger partial charge < -0.3 is 28.8 Å². The maximum atomic E-state index is 12.0. The molecular formula is C29H26O7. The summed E-state index contributed by atoms with van der Waals surface area (Å²) in [5.74, 6) is -1.48. The Morgan fingerprint density at radius 3 is 2.19 bits per heavy atom. The highest BCUT2D eigenvalue weighted by molar-refractivity contribution is 6.00. The fraction of sp³-hybridized carbons (Fsp3) is 0.276. The Hall–Kier alpha value is -3.65. The average Bonchev–Trinajstić information content (AvgIpc) is 2.91. The van der Waals surface area contributed by atoms with Crippen LogP contribution in [0.25, 0.3) is 21.5 Å². The number of ether oxygens (including phenoxy) is 5. The second kappa shape index (κ2) is 8.48. The van der Waals surface area contributed by atoms with Crippen LogP contribution < -0.4 is 9.47 Å². The van der Waals surface area contributed by atoms with E-state index in [0.717, 1.165) is 27.1 Å². The van der Waals surface area contributed by atoms with Gasteiger partial charge in [0.2, 0.25) is 0 Å². The fourth-order valence-corrected chi connectivity index (χ4v) is 5.00. The van der Waals surface area contributed by atoms with E-state index >= 15 is 0 Å². The van der Waals surface area contributed by atoms with Crippen LogP contribution in [-0.2, 0) is 26.8 Å². The van der Waals surface area contributed by atoms with Crippen LogP contribution in [0.4, 0.5) is 0 Å². The van der Waals surface area contributed by atoms with Gasteiger partial charge in [-0.25, -0.2) is 4.79 Å². The van der Waals surface area contributed by atoms with Gasteiger partial charge >= 0.3 is 11.9 Å². The van der Waals surface area contributed by atoms with Crippen molar-refractivity contribution in [2.75, 3.05) is 26.9 Å². The third-order valence-electron chi connectivity index (χ3n) is 6.93. The number of benzene rings is 4. The van der Waals surface area contributed by atoms with Crippen molar-refractivity contribution >= 4 is 27.5 Å². The summed E-state index contributed by atoms with van der Waals surface area (Å²) in [6, 6.07) is 20.7. The van der Waals surface area contributed by atoms with Gasteiger partial charge in [-0.05, 0) is 28.5 Å². The highest BCUT2D eigenvalue weighted by Crippen LogP contribution is 2.49. The molecule has 3 aliphatic heterocycles. The molecule has 3 fully saturated rings. The summed E-state index contributed by atoms with van der Waals surface area (Å²) < 4.78 is 30.5. The second-order valence-electron chi connectivity index (χ2n) is 9.65. The molecular weight excluding hydrogens is 460 g/mol. The molecule has 1 N–H and O–H groups in total. The number of methoxy groups -OCH3 is 1. The first-order valence-electron chi connectivity index (χ1n) is 11.8. The molecule has 0 saturated carbocycles. The van der Waals surface area contributed by atoms with Gasteiger partial charge in [-0.2, -0.15) is 0 Å². The highest BCUT2D eigenvalue weighted by Gasteiger charge is 2.53. The first-order valence-corrected chi connectivity index (χ1v) is 11.8. The Balaban J connectivity index is 1.47. The van der Waals surface area contributed by atoms with Gasteiger partial charge in [-0.3, -0.25) is 0 Å². The van der Waals surface area contributed by atoms with Crippen molar-refractivity contribution < 1.29 is 33.6 Å². The molecule has 7 nitrogen and oxygen atoms in total. The van der Waals surface area contributed by atoms with Crippen LogP contribution in [0, 0.1) is 5.41 Å². The number of hydrogen-bond donors (Lipinski definition) is 1. The highest BCUT2D eigenvalue weighted by atomic mass is 16.9. The Kier molecular flexibility index (Phi) is 5.37. The maximum Gasteiger partial charge on any atom is 0.339 e. The largest absolute Gasteiger partial charge is 0.496 e. The number of rotatable bonds is 6. The van der Waals surface area contributed by atoms with Gasteiger partial charge in [0.25, 0.3) is 0 Å². The molecule has 0 aliphatic carbocycles. The molecule has 7 rings (SSSR count). The zero-order valence-corrected chi connectivity index (χ0v) is 20.1. The summed E-state index contributed by atoms with van der Waals surface area (Å²) in [6.45, 7) is 3.71. The number of aromatic carboxylic acids is 1. The van der Waals surface area contributed by atoms with E-state index in [1.807, 2.05) is 54.6 Å². The first kappa shape index (κ1) is 22.8. The average molecular weight is 487 g/mol. The fourth-order valence-electron chi connectivity index (χ4n) is 5.00. The van der Waals surface area contributed by atoms with E-state index in [4.69, 9.17) is 23.7 Å². The molecule has 0 amide bonds. The van der Waals surface area contributed by atoms with Crippen LogP contribution in [0.5, 0.6) is 11.5 Å². The smallest absolute Gasteiger partial charge is 0.339 e. The molecule has 7 heteroatoms. The van der Waals surface area contributed by atoms with Gasteiger partial charge in [-0.15, -0.1) is 0 Å². The molecule has 4 aromatic carbocycles. The lowest BCUT2D eigenvalue weighted by molar-refractivity contribution is -0.477. The molecule has 0 atom stereocenters. The summed E-state index contributed by atoms with van der Waals surface area (Å²) in [4.78, 5) is 12.0. The Morgan fingerprint density at radius 1 is 0.889 bits per heavy atom. The minimum atomic E-state index is -1.37. The number of fused-ring (bicyclic) bond motifs is 5. The van der Waals surface area contributed by atoms with Gasteiger partial charge in [0.1, 0.15) is 23.7 Å². The van der Waals surface area contributed by atoms with Crippen molar-refractivity contribution in [2.24, 2.45) is 5.41 Å². The van der Waals surface area contributed by atoms with Crippen molar-refractivity contribution in [1.82, 2.24) is 0 Å². The van der Waals surface area contributed by atoms with E-state index in [1.54, 1.807) is 19.2 Å². The SMILES string of the molecule is COc1c(C23OCC(C)(CO2)CO3)cc(COc2c(C(=O)O)ccc3ccccc23)c2ccccc12. The van der Waals surface area contributed by atoms with Crippen molar-refractivity contribution in [1.29, 1.82) is 0 Å². The maximum absolute atomic E-state index is 12.0. The predicted molar refractivity (Wildman–Crippen MR) is 133 cm³/mol. The number of carbonyl (C=O) groups is 1. The van der Waals surface area contributed by atoms with Crippen LogP contribution in [0.15, 0.2) is 66.7 Å². The van der Waals surface area contributed by atoms with Crippen molar-refractivity contribution in [2.45, 2.75) is 19.5 Å². The summed E-state index contributed by atoms with van der Waals surface area (Å²) in [6.07, 6.45) is 0. The monoisotopic (exact) mass is 486 g/mol. The van der Waals surface area contributed by atoms with E-state index in [9.17, 15) is 9.90 Å². The standard InChI is InChI=1S/C29H26O7/c1-28-15-34-29(35-16-28,36-17-28)24-13-19(20-8-5-6-10-22(20)26(24)32-2)14-33-25-21-9-4-3-7-18(21)11-12-23(25)27(30)31/h3-13H,14-17H2,1-2H3,(H,30,31). The number of carboxylic acids is 1. The van der Waals surface area contributed by atoms with Crippen molar-refractivity contribution in [3.05, 3.63) is 83.4 Å². The van der Waals surface area contributed by atoms with Crippen LogP contribution >= 0.6 is 0 Å². The van der Waals surface area contributed by atoms with E-state index in [-0.39, 0.29) is 17.6 Å². The van der Waals surface area contributed by atoms with E-state index < -0.39 is 11.9 Å². The lowest BCUT2D eigenvalue weighted by Crippen LogP contribution is -2.57. The first-order chi connectivity index (χ1) is 17.4. The molecule has 0 radical (unpaired) electrons. The molecule has 0 unspecified atom stereocenters. The molecule has 0 spiro atoms. The summed E-state index contributed by atoms with van der Waals surface area (Å²) in [5.41, 5.74) is 1.38. The quantitative estimate of drug-likeness (QED) is 0.387. The van der Waals surface area contributed by atoms with Crippen LogP contribution in [-0.4, -0.2) is 38.0 Å². The van der Waals surface area contributed by atoms with Gasteiger partial charge in [-0.1, -0.05) is 61.5 Å². The van der Waals surface area contributed by atoms with Crippen LogP contribution in [0.1, 0.15) is 28.4 Å². The lowest BCUT2D eigenvalue weighted by atomic mass is 9.90. The Morgan fingerprint density at radius 2 is 1.53 bits per heavy atom. The van der Waals surface area contributed by atoms with E-state index in [2.05, 4.69) is 6.92 Å².